The van der Waals surface area contributed by atoms with Crippen molar-refractivity contribution in [1.82, 2.24) is 9.78 Å². The summed E-state index contributed by atoms with van der Waals surface area (Å²) in [6.07, 6.45) is -4.65. The minimum absolute atomic E-state index is 0.0707. The number of aromatic nitrogens is 2. The largest absolute Gasteiger partial charge is 0.445 e. The topological polar surface area (TPSA) is 60.9 Å². The number of rotatable bonds is 2. The van der Waals surface area contributed by atoms with Gasteiger partial charge in [0.05, 0.1) is 5.69 Å². The van der Waals surface area contributed by atoms with Gasteiger partial charge in [-0.1, -0.05) is 12.2 Å². The van der Waals surface area contributed by atoms with E-state index in [0.717, 1.165) is 4.68 Å². The van der Waals surface area contributed by atoms with E-state index in [4.69, 9.17) is 18.0 Å². The molecule has 0 spiro atoms. The van der Waals surface area contributed by atoms with Crippen molar-refractivity contribution in [2.45, 2.75) is 26.9 Å². The fourth-order valence-corrected chi connectivity index (χ4v) is 3.02. The quantitative estimate of drug-likeness (QED) is 0.849. The molecule has 0 saturated heterocycles. The molecule has 0 aliphatic heterocycles. The average Bonchev–Trinajstić information content (AvgIpc) is 2.76. The number of hydrogen-bond acceptors (Lipinski definition) is 4. The van der Waals surface area contributed by atoms with E-state index < -0.39 is 16.1 Å². The maximum Gasteiger partial charge on any atom is 0.445 e. The standard InChI is InChI=1S/C13H12F3N3OS2/c1-5-4-8(10(17)21)6(2)7(3)9(5)19-12(20)22-11(18-19)13(14,15)16/h4H,1-3H3,(H2,17,21). The van der Waals surface area contributed by atoms with Gasteiger partial charge in [0.1, 0.15) is 4.99 Å². The molecule has 0 bridgehead atoms. The molecule has 1 aromatic heterocycles. The molecule has 0 aliphatic rings. The number of nitrogens with zero attached hydrogens (tertiary/aromatic N) is 2. The van der Waals surface area contributed by atoms with Gasteiger partial charge in [-0.15, -0.1) is 5.10 Å². The number of aryl methyl sites for hydroxylation is 1. The predicted octanol–water partition coefficient (Wildman–Crippen LogP) is 2.87. The van der Waals surface area contributed by atoms with Crippen molar-refractivity contribution < 1.29 is 13.2 Å². The first-order valence-corrected chi connectivity index (χ1v) is 7.35. The normalized spacial score (nSPS) is 11.7. The Morgan fingerprint density at radius 2 is 1.91 bits per heavy atom. The van der Waals surface area contributed by atoms with Gasteiger partial charge in [-0.05, 0) is 54.9 Å². The fourth-order valence-electron chi connectivity index (χ4n) is 2.18. The van der Waals surface area contributed by atoms with Crippen molar-refractivity contribution in [3.63, 3.8) is 0 Å². The molecular weight excluding hydrogens is 335 g/mol. The van der Waals surface area contributed by atoms with Crippen LogP contribution < -0.4 is 10.6 Å². The molecule has 0 unspecified atom stereocenters. The first kappa shape index (κ1) is 16.6. The van der Waals surface area contributed by atoms with Gasteiger partial charge in [-0.2, -0.15) is 17.9 Å². The second kappa shape index (κ2) is 5.47. The molecule has 0 radical (unpaired) electrons. The van der Waals surface area contributed by atoms with E-state index in [1.807, 2.05) is 0 Å². The van der Waals surface area contributed by atoms with Crippen LogP contribution in [-0.4, -0.2) is 14.8 Å². The Balaban J connectivity index is 2.75. The number of benzene rings is 1. The molecule has 1 heterocycles. The summed E-state index contributed by atoms with van der Waals surface area (Å²) in [7, 11) is 0. The summed E-state index contributed by atoms with van der Waals surface area (Å²) in [5.41, 5.74) is 8.49. The predicted molar refractivity (Wildman–Crippen MR) is 82.8 cm³/mol. The highest BCUT2D eigenvalue weighted by Gasteiger charge is 2.36. The third kappa shape index (κ3) is 2.78. The molecule has 0 atom stereocenters. The number of hydrogen-bond donors (Lipinski definition) is 1. The SMILES string of the molecule is Cc1cc(C(N)=S)c(C)c(C)c1-n1nc(C(F)(F)F)sc1=O. The maximum absolute atomic E-state index is 12.7. The van der Waals surface area contributed by atoms with Crippen molar-refractivity contribution in [3.8, 4) is 5.69 Å². The zero-order valence-corrected chi connectivity index (χ0v) is 13.5. The lowest BCUT2D eigenvalue weighted by atomic mass is 9.97. The van der Waals surface area contributed by atoms with E-state index in [-0.39, 0.29) is 16.3 Å². The Morgan fingerprint density at radius 1 is 1.32 bits per heavy atom. The van der Waals surface area contributed by atoms with Crippen molar-refractivity contribution >= 4 is 28.5 Å². The molecule has 118 valence electrons. The minimum atomic E-state index is -4.65. The van der Waals surface area contributed by atoms with Crippen LogP contribution in [0, 0.1) is 20.8 Å². The Hall–Kier alpha value is -1.74. The van der Waals surface area contributed by atoms with Gasteiger partial charge in [0.15, 0.2) is 0 Å². The van der Waals surface area contributed by atoms with Crippen LogP contribution in [0.2, 0.25) is 0 Å². The first-order chi connectivity index (χ1) is 10.0. The number of halogens is 3. The van der Waals surface area contributed by atoms with Gasteiger partial charge in [-0.3, -0.25) is 4.79 Å². The Bertz CT molecular complexity index is 821. The molecule has 9 heteroatoms. The molecule has 2 N–H and O–H groups in total. The summed E-state index contributed by atoms with van der Waals surface area (Å²) in [5, 5.41) is 2.25. The number of thiocarbonyl (C=S) groups is 1. The monoisotopic (exact) mass is 347 g/mol. The lowest BCUT2D eigenvalue weighted by Gasteiger charge is -2.15. The Labute approximate surface area is 133 Å². The highest BCUT2D eigenvalue weighted by Crippen LogP contribution is 2.31. The van der Waals surface area contributed by atoms with Crippen LogP contribution in [0.25, 0.3) is 5.69 Å². The van der Waals surface area contributed by atoms with Crippen LogP contribution >= 0.6 is 23.6 Å². The van der Waals surface area contributed by atoms with Crippen molar-refractivity contribution in [2.24, 2.45) is 5.73 Å². The summed E-state index contributed by atoms with van der Waals surface area (Å²) in [4.78, 5) is 11.3. The summed E-state index contributed by atoms with van der Waals surface area (Å²) >= 11 is 5.03. The third-order valence-corrected chi connectivity index (χ3v) is 4.40. The van der Waals surface area contributed by atoms with E-state index in [1.165, 1.54) is 0 Å². The van der Waals surface area contributed by atoms with Crippen LogP contribution in [0.5, 0.6) is 0 Å². The molecule has 0 amide bonds. The van der Waals surface area contributed by atoms with E-state index in [2.05, 4.69) is 5.10 Å². The van der Waals surface area contributed by atoms with Crippen molar-refractivity contribution in [2.75, 3.05) is 0 Å². The van der Waals surface area contributed by atoms with Crippen LogP contribution in [0.1, 0.15) is 27.3 Å². The summed E-state index contributed by atoms with van der Waals surface area (Å²) in [6.45, 7) is 5.11. The smallest absolute Gasteiger partial charge is 0.389 e. The molecular formula is C13H12F3N3OS2. The van der Waals surface area contributed by atoms with Crippen molar-refractivity contribution in [1.29, 1.82) is 0 Å². The molecule has 2 aromatic rings. The average molecular weight is 347 g/mol. The summed E-state index contributed by atoms with van der Waals surface area (Å²) in [5.74, 6) is 0. The fraction of sp³-hybridized carbons (Fsp3) is 0.308. The van der Waals surface area contributed by atoms with Gasteiger partial charge in [-0.25, -0.2) is 0 Å². The molecule has 0 fully saturated rings. The molecule has 4 nitrogen and oxygen atoms in total. The lowest BCUT2D eigenvalue weighted by Crippen LogP contribution is -2.19. The minimum Gasteiger partial charge on any atom is -0.389 e. The van der Waals surface area contributed by atoms with E-state index in [0.29, 0.717) is 27.9 Å². The Morgan fingerprint density at radius 3 is 2.36 bits per heavy atom. The molecule has 1 aromatic carbocycles. The summed E-state index contributed by atoms with van der Waals surface area (Å²) in [6, 6.07) is 1.65. The van der Waals surface area contributed by atoms with E-state index in [9.17, 15) is 18.0 Å². The maximum atomic E-state index is 12.7. The zero-order chi connectivity index (χ0) is 16.8. The van der Waals surface area contributed by atoms with Gasteiger partial charge in [0.2, 0.25) is 5.01 Å². The highest BCUT2D eigenvalue weighted by atomic mass is 32.1. The molecule has 2 rings (SSSR count). The van der Waals surface area contributed by atoms with Gasteiger partial charge >= 0.3 is 11.0 Å². The number of nitrogens with two attached hydrogens (primary N) is 1. The van der Waals surface area contributed by atoms with E-state index in [1.54, 1.807) is 26.8 Å². The van der Waals surface area contributed by atoms with Gasteiger partial charge in [0.25, 0.3) is 0 Å². The molecule has 0 saturated carbocycles. The second-order valence-electron chi connectivity index (χ2n) is 4.79. The second-order valence-corrected chi connectivity index (χ2v) is 6.17. The van der Waals surface area contributed by atoms with Crippen LogP contribution in [-0.2, 0) is 6.18 Å². The Kier molecular flexibility index (Phi) is 4.14. The van der Waals surface area contributed by atoms with Gasteiger partial charge in [0, 0.05) is 5.56 Å². The van der Waals surface area contributed by atoms with Crippen LogP contribution in [0.15, 0.2) is 10.9 Å². The summed E-state index contributed by atoms with van der Waals surface area (Å²) < 4.78 is 38.9. The first-order valence-electron chi connectivity index (χ1n) is 6.12. The highest BCUT2D eigenvalue weighted by molar-refractivity contribution is 7.80. The third-order valence-electron chi connectivity index (χ3n) is 3.32. The van der Waals surface area contributed by atoms with Crippen molar-refractivity contribution in [3.05, 3.63) is 43.0 Å². The van der Waals surface area contributed by atoms with Crippen LogP contribution in [0.3, 0.4) is 0 Å². The number of alkyl halides is 3. The zero-order valence-electron chi connectivity index (χ0n) is 11.9. The molecule has 0 aliphatic carbocycles. The van der Waals surface area contributed by atoms with E-state index >= 15 is 0 Å². The van der Waals surface area contributed by atoms with Gasteiger partial charge < -0.3 is 5.73 Å². The van der Waals surface area contributed by atoms with Crippen LogP contribution in [0.4, 0.5) is 13.2 Å². The lowest BCUT2D eigenvalue weighted by molar-refractivity contribution is -0.138. The molecule has 22 heavy (non-hydrogen) atoms.